The van der Waals surface area contributed by atoms with Crippen molar-refractivity contribution >= 4 is 23.7 Å². The molecule has 0 amide bonds. The van der Waals surface area contributed by atoms with Crippen LogP contribution in [0.4, 0.5) is 0 Å². The molecule has 2 radical (unpaired) electrons. The van der Waals surface area contributed by atoms with Crippen molar-refractivity contribution in [3.63, 3.8) is 0 Å². The van der Waals surface area contributed by atoms with Gasteiger partial charge in [0.05, 0.1) is 20.3 Å². The van der Waals surface area contributed by atoms with Gasteiger partial charge in [-0.2, -0.15) is 0 Å². The fraction of sp³-hybridized carbons (Fsp3) is 0. The molecule has 0 saturated carbocycles. The van der Waals surface area contributed by atoms with Gasteiger partial charge in [-0.1, -0.05) is 0 Å². The van der Waals surface area contributed by atoms with E-state index in [2.05, 4.69) is 0 Å². The molecule has 0 rings (SSSR count). The summed E-state index contributed by atoms with van der Waals surface area (Å²) in [6.45, 7) is 0. The average molecular weight is 376 g/mol. The van der Waals surface area contributed by atoms with Crippen LogP contribution < -0.4 is 0 Å². The molecule has 0 N–H and O–H groups in total. The third-order valence-corrected chi connectivity index (χ3v) is 0. The molecular weight excluding hydrogens is 376 g/mol. The normalized spacial score (nSPS) is 5.65. The minimum Gasteiger partial charge on any atom is -0.356 e. The van der Waals surface area contributed by atoms with Gasteiger partial charge < -0.3 is 61.3 Å². The number of nitrogens with zero attached hydrogens (tertiary/aromatic N) is 4. The fourth-order valence-electron chi connectivity index (χ4n) is 0. The van der Waals surface area contributed by atoms with Crippen molar-refractivity contribution in [3.8, 4) is 0 Å². The zero-order valence-corrected chi connectivity index (χ0v) is 9.43. The van der Waals surface area contributed by atoms with Crippen LogP contribution in [0.3, 0.4) is 0 Å². The monoisotopic (exact) mass is 378 g/mol. The molecule has 16 nitrogen and oxygen atoms in total. The Balaban J connectivity index is -0.0000000369. The van der Waals surface area contributed by atoms with Crippen LogP contribution >= 0.6 is 0 Å². The van der Waals surface area contributed by atoms with Gasteiger partial charge in [0, 0.05) is 0 Å². The van der Waals surface area contributed by atoms with Gasteiger partial charge in [0.2, 0.25) is 0 Å². The van der Waals surface area contributed by atoms with Crippen LogP contribution in [0.25, 0.3) is 0 Å². The van der Waals surface area contributed by atoms with E-state index >= 15 is 0 Å². The van der Waals surface area contributed by atoms with Gasteiger partial charge in [-0.05, 0) is 0 Å². The van der Waals surface area contributed by atoms with E-state index < -0.39 is 20.3 Å². The average Bonchev–Trinajstić information content (AvgIpc) is 1.76. The summed E-state index contributed by atoms with van der Waals surface area (Å²) >= 11 is 0. The van der Waals surface area contributed by atoms with E-state index in [4.69, 9.17) is 61.3 Å². The summed E-state index contributed by atoms with van der Waals surface area (Å²) in [5.41, 5.74) is 0. The third-order valence-electron chi connectivity index (χ3n) is 0. The third kappa shape index (κ3) is 314. The molecular formula is N4O12Te. The Bertz CT molecular complexity index is 159. The summed E-state index contributed by atoms with van der Waals surface area (Å²) in [4.78, 5) is 33.0. The number of hydrogen-bond acceptors (Lipinski definition) is 12. The summed E-state index contributed by atoms with van der Waals surface area (Å²) < 4.78 is 0. The standard InChI is InChI=1S/4NO3.Te/c4*2-1(3)4;/q4*-1;+4. The maximum Gasteiger partial charge on any atom is 4.00 e. The maximum atomic E-state index is 8.25. The largest absolute Gasteiger partial charge is 4.00 e. The minimum absolute atomic E-state index is 0. The molecule has 0 unspecified atom stereocenters. The molecule has 0 heterocycles. The molecule has 0 aromatic heterocycles. The van der Waals surface area contributed by atoms with Crippen LogP contribution in [0.15, 0.2) is 0 Å². The fourth-order valence-corrected chi connectivity index (χ4v) is 0. The first kappa shape index (κ1) is 29.3. The van der Waals surface area contributed by atoms with Crippen molar-refractivity contribution in [2.75, 3.05) is 0 Å². The van der Waals surface area contributed by atoms with Crippen molar-refractivity contribution in [3.05, 3.63) is 61.3 Å². The van der Waals surface area contributed by atoms with Gasteiger partial charge in [-0.15, -0.1) is 0 Å². The first-order valence-corrected chi connectivity index (χ1v) is 2.19. The predicted octanol–water partition coefficient (Wildman–Crippen LogP) is -1.34. The number of hydrogen-bond donors (Lipinski definition) is 0. The molecule has 98 valence electrons. The topological polar surface area (TPSA) is 265 Å². The van der Waals surface area contributed by atoms with Gasteiger partial charge in [-0.3, -0.25) is 0 Å². The van der Waals surface area contributed by atoms with E-state index in [-0.39, 0.29) is 23.7 Å². The quantitative estimate of drug-likeness (QED) is 0.270. The maximum absolute atomic E-state index is 8.25. The molecule has 17 heavy (non-hydrogen) atoms. The van der Waals surface area contributed by atoms with Crippen LogP contribution in [0, 0.1) is 61.3 Å². The summed E-state index contributed by atoms with van der Waals surface area (Å²) in [6, 6.07) is 0. The van der Waals surface area contributed by atoms with Crippen molar-refractivity contribution in [1.29, 1.82) is 0 Å². The SMILES string of the molecule is O=[N+]([O-])[O-].O=[N+]([O-])[O-].O=[N+]([O-])[O-].O=[N+]([O-])[O-].[Te+4]. The molecule has 0 aromatic rings. The van der Waals surface area contributed by atoms with E-state index in [0.29, 0.717) is 0 Å². The minimum atomic E-state index is -1.75. The zero-order valence-electron chi connectivity index (χ0n) is 7.10. The Kier molecular flexibility index (Phi) is 40.4. The Morgan fingerprint density at radius 1 is 0.412 bits per heavy atom. The molecule has 0 spiro atoms. The molecule has 0 aromatic carbocycles. The van der Waals surface area contributed by atoms with E-state index in [9.17, 15) is 0 Å². The second kappa shape index (κ2) is 23.4. The van der Waals surface area contributed by atoms with Crippen molar-refractivity contribution in [2.45, 2.75) is 0 Å². The van der Waals surface area contributed by atoms with Gasteiger partial charge in [0.25, 0.3) is 0 Å². The summed E-state index contributed by atoms with van der Waals surface area (Å²) in [6.07, 6.45) is 0. The molecule has 0 bridgehead atoms. The summed E-state index contributed by atoms with van der Waals surface area (Å²) in [5, 5.41) is 59.0. The second-order valence-electron chi connectivity index (χ2n) is 0.894. The Morgan fingerprint density at radius 3 is 0.412 bits per heavy atom. The van der Waals surface area contributed by atoms with Crippen molar-refractivity contribution in [2.24, 2.45) is 0 Å². The van der Waals surface area contributed by atoms with Crippen LogP contribution in [0.5, 0.6) is 0 Å². The smallest absolute Gasteiger partial charge is 0.356 e. The van der Waals surface area contributed by atoms with Crippen molar-refractivity contribution in [1.82, 2.24) is 0 Å². The van der Waals surface area contributed by atoms with E-state index in [0.717, 1.165) is 0 Å². The van der Waals surface area contributed by atoms with Crippen molar-refractivity contribution < 1.29 is 20.3 Å². The number of rotatable bonds is 0. The van der Waals surface area contributed by atoms with Crippen LogP contribution in [-0.4, -0.2) is 44.0 Å². The van der Waals surface area contributed by atoms with E-state index in [1.165, 1.54) is 0 Å². The predicted molar refractivity (Wildman–Crippen MR) is 47.2 cm³/mol. The Morgan fingerprint density at radius 2 is 0.412 bits per heavy atom. The van der Waals surface area contributed by atoms with Crippen LogP contribution in [-0.2, 0) is 0 Å². The summed E-state index contributed by atoms with van der Waals surface area (Å²) in [7, 11) is 0. The Labute approximate surface area is 106 Å². The molecule has 0 fully saturated rings. The molecule has 0 atom stereocenters. The first-order chi connectivity index (χ1) is 6.93. The van der Waals surface area contributed by atoms with Gasteiger partial charge in [0.15, 0.2) is 0 Å². The summed E-state index contributed by atoms with van der Waals surface area (Å²) in [5.74, 6) is 0. The van der Waals surface area contributed by atoms with E-state index in [1.54, 1.807) is 0 Å². The van der Waals surface area contributed by atoms with Gasteiger partial charge >= 0.3 is 23.7 Å². The van der Waals surface area contributed by atoms with Crippen LogP contribution in [0.2, 0.25) is 0 Å². The molecule has 0 aliphatic carbocycles. The van der Waals surface area contributed by atoms with E-state index in [1.807, 2.05) is 0 Å². The Hall–Kier alpha value is -2.41. The van der Waals surface area contributed by atoms with Crippen LogP contribution in [0.1, 0.15) is 0 Å². The molecule has 17 heteroatoms. The molecule has 0 aliphatic rings. The molecule has 0 aliphatic heterocycles. The second-order valence-corrected chi connectivity index (χ2v) is 0.894. The van der Waals surface area contributed by atoms with Gasteiger partial charge in [0.1, 0.15) is 0 Å². The zero-order chi connectivity index (χ0) is 14.3. The van der Waals surface area contributed by atoms with Gasteiger partial charge in [-0.25, -0.2) is 0 Å². The first-order valence-electron chi connectivity index (χ1n) is 2.19. The molecule has 0 saturated heterocycles.